The third-order valence-corrected chi connectivity index (χ3v) is 1.82. The van der Waals surface area contributed by atoms with Gasteiger partial charge in [-0.25, -0.2) is 4.79 Å². The summed E-state index contributed by atoms with van der Waals surface area (Å²) in [6, 6.07) is 0. The maximum atomic E-state index is 11.0. The molecule has 0 aromatic rings. The lowest BCUT2D eigenvalue weighted by Gasteiger charge is -2.23. The third-order valence-electron chi connectivity index (χ3n) is 1.82. The van der Waals surface area contributed by atoms with Gasteiger partial charge < -0.3 is 25.5 Å². The van der Waals surface area contributed by atoms with E-state index < -0.39 is 42.2 Å². The van der Waals surface area contributed by atoms with Gasteiger partial charge >= 0.3 is 5.97 Å². The topological polar surface area (TPSA) is 164 Å². The Kier molecular flexibility index (Phi) is 5.68. The van der Waals surface area contributed by atoms with E-state index in [4.69, 9.17) is 20.4 Å². The molecule has 0 aliphatic carbocycles. The van der Waals surface area contributed by atoms with Gasteiger partial charge in [0, 0.05) is 6.92 Å². The van der Waals surface area contributed by atoms with Crippen LogP contribution in [0, 0.1) is 0 Å². The fourth-order valence-corrected chi connectivity index (χ4v) is 0.922. The predicted molar refractivity (Wildman–Crippen MR) is 50.5 cm³/mol. The van der Waals surface area contributed by atoms with Crippen LogP contribution in [0.2, 0.25) is 0 Å². The van der Waals surface area contributed by atoms with E-state index in [0.717, 1.165) is 6.92 Å². The molecule has 0 bridgehead atoms. The summed E-state index contributed by atoms with van der Waals surface area (Å²) in [7, 11) is 0. The van der Waals surface area contributed by atoms with Crippen molar-refractivity contribution in [3.05, 3.63) is 0 Å². The van der Waals surface area contributed by atoms with E-state index in [1.165, 1.54) is 0 Å². The minimum Gasteiger partial charge on any atom is -0.479 e. The maximum absolute atomic E-state index is 11.0. The molecule has 2 amide bonds. The van der Waals surface area contributed by atoms with Crippen molar-refractivity contribution in [1.29, 1.82) is 0 Å². The highest BCUT2D eigenvalue weighted by Gasteiger charge is 2.37. The average molecular weight is 251 g/mol. The van der Waals surface area contributed by atoms with Crippen LogP contribution in [0.15, 0.2) is 0 Å². The van der Waals surface area contributed by atoms with Gasteiger partial charge in [-0.1, -0.05) is 0 Å². The number of hydrogen-bond acceptors (Lipinski definition) is 7. The van der Waals surface area contributed by atoms with Crippen LogP contribution in [0.5, 0.6) is 0 Å². The molecule has 98 valence electrons. The number of rotatable bonds is 5. The number of carbonyl (C=O) groups excluding carboxylic acids is 2. The molecule has 0 aliphatic rings. The first-order valence-electron chi connectivity index (χ1n) is 4.45. The fourth-order valence-electron chi connectivity index (χ4n) is 0.922. The van der Waals surface area contributed by atoms with Crippen molar-refractivity contribution in [2.24, 2.45) is 0 Å². The normalized spacial score (nSPS) is 17.7. The summed E-state index contributed by atoms with van der Waals surface area (Å²) in [5.74, 6) is -3.97. The van der Waals surface area contributed by atoms with Crippen LogP contribution in [0.4, 0.5) is 0 Å². The van der Waals surface area contributed by atoms with E-state index in [2.05, 4.69) is 0 Å². The van der Waals surface area contributed by atoms with E-state index >= 15 is 0 Å². The number of aliphatic hydroxyl groups excluding tert-OH is 4. The molecule has 0 saturated heterocycles. The van der Waals surface area contributed by atoms with Crippen molar-refractivity contribution < 1.29 is 39.9 Å². The molecule has 6 N–H and O–H groups in total. The number of aliphatic carboxylic acids is 1. The summed E-state index contributed by atoms with van der Waals surface area (Å²) in [6.45, 7) is 0.972. The molecule has 0 spiro atoms. The number of carboxylic acid groups (broad SMARTS) is 1. The van der Waals surface area contributed by atoms with Crippen LogP contribution < -0.4 is 5.32 Å². The first kappa shape index (κ1) is 15.4. The van der Waals surface area contributed by atoms with Crippen molar-refractivity contribution in [1.82, 2.24) is 5.32 Å². The molecule has 0 heterocycles. The largest absolute Gasteiger partial charge is 0.479 e. The van der Waals surface area contributed by atoms with Gasteiger partial charge in [0.2, 0.25) is 5.91 Å². The second kappa shape index (κ2) is 6.25. The van der Waals surface area contributed by atoms with Gasteiger partial charge in [0.25, 0.3) is 5.91 Å². The Bertz CT molecular complexity index is 317. The molecule has 0 fully saturated rings. The average Bonchev–Trinajstić information content (AvgIpc) is 2.23. The third kappa shape index (κ3) is 4.44. The van der Waals surface area contributed by atoms with Crippen molar-refractivity contribution in [2.75, 3.05) is 0 Å². The molecule has 0 rings (SSSR count). The molecule has 0 saturated carbocycles. The number of carbonyl (C=O) groups is 3. The highest BCUT2D eigenvalue weighted by atomic mass is 16.4. The van der Waals surface area contributed by atoms with E-state index in [9.17, 15) is 19.5 Å². The number of nitrogens with one attached hydrogen (secondary N) is 1. The van der Waals surface area contributed by atoms with Crippen molar-refractivity contribution >= 4 is 17.8 Å². The standard InChI is InChI=1S/C8H13NO8/c1-2(10)9-7(15)5(13)3(11)4(12)6(14)8(16)17/h3-6,11-14H,1H3,(H,16,17)(H,9,10,15)/t3-,4-,5-,6-/m0/s1. The lowest BCUT2D eigenvalue weighted by molar-refractivity contribution is -0.166. The van der Waals surface area contributed by atoms with Crippen LogP contribution in [-0.4, -0.2) is 67.7 Å². The quantitative estimate of drug-likeness (QED) is 0.289. The molecule has 17 heavy (non-hydrogen) atoms. The van der Waals surface area contributed by atoms with Gasteiger partial charge in [-0.05, 0) is 0 Å². The molecular weight excluding hydrogens is 238 g/mol. The Balaban J connectivity index is 4.58. The number of hydrogen-bond donors (Lipinski definition) is 6. The van der Waals surface area contributed by atoms with Gasteiger partial charge in [0.1, 0.15) is 12.2 Å². The Hall–Kier alpha value is -1.55. The zero-order valence-corrected chi connectivity index (χ0v) is 8.77. The summed E-state index contributed by atoms with van der Waals surface area (Å²) in [6.07, 6.45) is -9.15. The first-order chi connectivity index (χ1) is 7.68. The SMILES string of the molecule is CC(=O)NC(=O)[C@@H](O)[C@@H](O)[C@H](O)[C@H](O)C(=O)O. The number of imide groups is 1. The Morgan fingerprint density at radius 1 is 0.941 bits per heavy atom. The smallest absolute Gasteiger partial charge is 0.335 e. The van der Waals surface area contributed by atoms with E-state index in [1.54, 1.807) is 5.32 Å². The van der Waals surface area contributed by atoms with Crippen LogP contribution in [-0.2, 0) is 14.4 Å². The molecule has 0 aromatic carbocycles. The van der Waals surface area contributed by atoms with Crippen molar-refractivity contribution in [3.8, 4) is 0 Å². The minimum absolute atomic E-state index is 0.811. The fraction of sp³-hybridized carbons (Fsp3) is 0.625. The molecular formula is C8H13NO8. The molecule has 0 aromatic heterocycles. The van der Waals surface area contributed by atoms with Gasteiger partial charge in [-0.15, -0.1) is 0 Å². The molecule has 0 radical (unpaired) electrons. The Morgan fingerprint density at radius 3 is 1.71 bits per heavy atom. The molecule has 0 aliphatic heterocycles. The van der Waals surface area contributed by atoms with Crippen LogP contribution in [0.1, 0.15) is 6.92 Å². The maximum Gasteiger partial charge on any atom is 0.335 e. The Morgan fingerprint density at radius 2 is 1.35 bits per heavy atom. The lowest BCUT2D eigenvalue weighted by Crippen LogP contribution is -2.53. The van der Waals surface area contributed by atoms with Gasteiger partial charge in [0.15, 0.2) is 12.2 Å². The van der Waals surface area contributed by atoms with Gasteiger partial charge in [0.05, 0.1) is 0 Å². The van der Waals surface area contributed by atoms with E-state index in [1.807, 2.05) is 0 Å². The highest BCUT2D eigenvalue weighted by molar-refractivity contribution is 5.96. The summed E-state index contributed by atoms with van der Waals surface area (Å²) in [5, 5.41) is 46.2. The number of amides is 2. The van der Waals surface area contributed by atoms with Crippen molar-refractivity contribution in [2.45, 2.75) is 31.3 Å². The van der Waals surface area contributed by atoms with Crippen LogP contribution in [0.25, 0.3) is 0 Å². The zero-order chi connectivity index (χ0) is 13.7. The first-order valence-corrected chi connectivity index (χ1v) is 4.45. The summed E-state index contributed by atoms with van der Waals surface area (Å²) in [4.78, 5) is 31.7. The van der Waals surface area contributed by atoms with Crippen LogP contribution in [0.3, 0.4) is 0 Å². The molecule has 9 heteroatoms. The van der Waals surface area contributed by atoms with Gasteiger partial charge in [-0.2, -0.15) is 0 Å². The zero-order valence-electron chi connectivity index (χ0n) is 8.77. The van der Waals surface area contributed by atoms with Gasteiger partial charge in [-0.3, -0.25) is 14.9 Å². The van der Waals surface area contributed by atoms with E-state index in [0.29, 0.717) is 0 Å². The lowest BCUT2D eigenvalue weighted by atomic mass is 10.0. The number of aliphatic hydroxyl groups is 4. The predicted octanol–water partition coefficient (Wildman–Crippen LogP) is -3.82. The molecule has 0 unspecified atom stereocenters. The monoisotopic (exact) mass is 251 g/mol. The number of carboxylic acids is 1. The second-order valence-electron chi connectivity index (χ2n) is 3.25. The summed E-state index contributed by atoms with van der Waals surface area (Å²) >= 11 is 0. The highest BCUT2D eigenvalue weighted by Crippen LogP contribution is 2.05. The summed E-state index contributed by atoms with van der Waals surface area (Å²) in [5.41, 5.74) is 0. The Labute approximate surface area is 95.3 Å². The summed E-state index contributed by atoms with van der Waals surface area (Å²) < 4.78 is 0. The van der Waals surface area contributed by atoms with E-state index in [-0.39, 0.29) is 0 Å². The second-order valence-corrected chi connectivity index (χ2v) is 3.25. The molecule has 4 atom stereocenters. The minimum atomic E-state index is -2.37. The molecule has 9 nitrogen and oxygen atoms in total. The van der Waals surface area contributed by atoms with Crippen molar-refractivity contribution in [3.63, 3.8) is 0 Å². The van der Waals surface area contributed by atoms with Crippen LogP contribution >= 0.6 is 0 Å².